The summed E-state index contributed by atoms with van der Waals surface area (Å²) in [6, 6.07) is 2.32. The molecule has 1 rings (SSSR count). The molecule has 3 N–H and O–H groups in total. The minimum Gasteiger partial charge on any atom is -0.393 e. The van der Waals surface area contributed by atoms with Gasteiger partial charge in [-0.15, -0.1) is 0 Å². The summed E-state index contributed by atoms with van der Waals surface area (Å²) in [6.07, 6.45) is 0. The average molecular weight is 262 g/mol. The fraction of sp³-hybridized carbons (Fsp3) is 0.444. The highest BCUT2D eigenvalue weighted by atomic mass is 35.5. The Kier molecular flexibility index (Phi) is 4.22. The first-order valence-corrected chi connectivity index (χ1v) is 5.11. The highest BCUT2D eigenvalue weighted by Gasteiger charge is 2.19. The van der Waals surface area contributed by atoms with Gasteiger partial charge in [0.15, 0.2) is 0 Å². The van der Waals surface area contributed by atoms with Crippen LogP contribution in [0, 0.1) is 10.1 Å². The first kappa shape index (κ1) is 13.6. The molecular weight excluding hydrogens is 250 g/mol. The fourth-order valence-electron chi connectivity index (χ4n) is 1.02. The monoisotopic (exact) mass is 261 g/mol. The number of nitrogens with one attached hydrogen (secondary N) is 1. The molecule has 1 unspecified atom stereocenters. The molecule has 8 heteroatoms. The molecule has 0 aromatic carbocycles. The van der Waals surface area contributed by atoms with Crippen LogP contribution in [0.1, 0.15) is 6.92 Å². The summed E-state index contributed by atoms with van der Waals surface area (Å²) >= 11 is 5.61. The van der Waals surface area contributed by atoms with E-state index >= 15 is 0 Å². The summed E-state index contributed by atoms with van der Waals surface area (Å²) in [5.74, 6) is 0.165. The van der Waals surface area contributed by atoms with E-state index in [0.717, 1.165) is 6.07 Å². The van der Waals surface area contributed by atoms with Crippen molar-refractivity contribution >= 4 is 23.1 Å². The molecule has 0 fully saturated rings. The molecule has 1 aromatic rings. The number of halogens is 1. The fourth-order valence-corrected chi connectivity index (χ4v) is 1.22. The molecule has 0 aliphatic heterocycles. The van der Waals surface area contributed by atoms with E-state index < -0.39 is 17.1 Å². The van der Waals surface area contributed by atoms with Crippen molar-refractivity contribution in [2.45, 2.75) is 12.5 Å². The SMILES string of the molecule is CC(O)(CO)CNc1cc([N+](=O)[O-])cc(Cl)n1. The zero-order chi connectivity index (χ0) is 13.1. The maximum Gasteiger partial charge on any atom is 0.276 e. The third-order valence-electron chi connectivity index (χ3n) is 1.98. The van der Waals surface area contributed by atoms with Gasteiger partial charge >= 0.3 is 0 Å². The third-order valence-corrected chi connectivity index (χ3v) is 2.17. The number of nitrogens with zero attached hydrogens (tertiary/aromatic N) is 2. The van der Waals surface area contributed by atoms with E-state index in [1.54, 1.807) is 0 Å². The Bertz CT molecular complexity index is 425. The Balaban J connectivity index is 2.81. The number of aromatic nitrogens is 1. The van der Waals surface area contributed by atoms with Crippen molar-refractivity contribution in [2.24, 2.45) is 0 Å². The number of hydrogen-bond acceptors (Lipinski definition) is 6. The molecule has 94 valence electrons. The molecule has 0 saturated heterocycles. The van der Waals surface area contributed by atoms with Gasteiger partial charge in [-0.2, -0.15) is 0 Å². The van der Waals surface area contributed by atoms with Crippen molar-refractivity contribution < 1.29 is 15.1 Å². The molecule has 17 heavy (non-hydrogen) atoms. The van der Waals surface area contributed by atoms with Crippen LogP contribution in [0.3, 0.4) is 0 Å². The number of rotatable bonds is 5. The minimum absolute atomic E-state index is 0.00596. The first-order chi connectivity index (χ1) is 7.84. The number of hydrogen-bond donors (Lipinski definition) is 3. The summed E-state index contributed by atoms with van der Waals surface area (Å²) in [6.45, 7) is 0.968. The normalized spacial score (nSPS) is 14.1. The van der Waals surface area contributed by atoms with Crippen molar-refractivity contribution in [3.63, 3.8) is 0 Å². The molecule has 0 radical (unpaired) electrons. The smallest absolute Gasteiger partial charge is 0.276 e. The Morgan fingerprint density at radius 3 is 2.82 bits per heavy atom. The van der Waals surface area contributed by atoms with Gasteiger partial charge in [-0.25, -0.2) is 4.98 Å². The van der Waals surface area contributed by atoms with E-state index in [9.17, 15) is 15.2 Å². The Labute approximate surface area is 102 Å². The number of anilines is 1. The number of pyridine rings is 1. The molecule has 1 atom stereocenters. The van der Waals surface area contributed by atoms with Crippen molar-refractivity contribution in [1.29, 1.82) is 0 Å². The van der Waals surface area contributed by atoms with Crippen LogP contribution in [-0.2, 0) is 0 Å². The minimum atomic E-state index is -1.33. The van der Waals surface area contributed by atoms with Crippen LogP contribution in [0.25, 0.3) is 0 Å². The van der Waals surface area contributed by atoms with E-state index in [1.807, 2.05) is 0 Å². The lowest BCUT2D eigenvalue weighted by molar-refractivity contribution is -0.384. The lowest BCUT2D eigenvalue weighted by Gasteiger charge is -2.20. The number of nitro groups is 1. The van der Waals surface area contributed by atoms with Gasteiger partial charge < -0.3 is 15.5 Å². The second-order valence-corrected chi connectivity index (χ2v) is 4.19. The first-order valence-electron chi connectivity index (χ1n) is 4.73. The van der Waals surface area contributed by atoms with E-state index in [2.05, 4.69) is 10.3 Å². The van der Waals surface area contributed by atoms with Crippen LogP contribution in [0.4, 0.5) is 11.5 Å². The van der Waals surface area contributed by atoms with Crippen LogP contribution in [0.5, 0.6) is 0 Å². The van der Waals surface area contributed by atoms with Gasteiger partial charge in [-0.05, 0) is 6.92 Å². The average Bonchev–Trinajstić information content (AvgIpc) is 2.26. The maximum atomic E-state index is 10.6. The largest absolute Gasteiger partial charge is 0.393 e. The summed E-state index contributed by atoms with van der Waals surface area (Å²) < 4.78 is 0. The summed E-state index contributed by atoms with van der Waals surface area (Å²) in [5, 5.41) is 31.6. The van der Waals surface area contributed by atoms with Gasteiger partial charge in [-0.1, -0.05) is 11.6 Å². The lowest BCUT2D eigenvalue weighted by Crippen LogP contribution is -2.37. The van der Waals surface area contributed by atoms with Gasteiger partial charge in [0.05, 0.1) is 23.7 Å². The van der Waals surface area contributed by atoms with E-state index in [4.69, 9.17) is 16.7 Å². The molecule has 0 amide bonds. The quantitative estimate of drug-likeness (QED) is 0.411. The van der Waals surface area contributed by atoms with E-state index in [-0.39, 0.29) is 23.2 Å². The summed E-state index contributed by atoms with van der Waals surface area (Å²) in [4.78, 5) is 13.8. The van der Waals surface area contributed by atoms with Crippen molar-refractivity contribution in [3.8, 4) is 0 Å². The Morgan fingerprint density at radius 2 is 2.29 bits per heavy atom. The highest BCUT2D eigenvalue weighted by molar-refractivity contribution is 6.29. The van der Waals surface area contributed by atoms with Crippen LogP contribution < -0.4 is 5.32 Å². The van der Waals surface area contributed by atoms with Gasteiger partial charge in [0, 0.05) is 6.54 Å². The molecule has 1 heterocycles. The molecular formula is C9H12ClN3O4. The lowest BCUT2D eigenvalue weighted by atomic mass is 10.1. The van der Waals surface area contributed by atoms with Crippen molar-refractivity contribution in [3.05, 3.63) is 27.4 Å². The predicted molar refractivity (Wildman–Crippen MR) is 62.1 cm³/mol. The second kappa shape index (κ2) is 5.26. The van der Waals surface area contributed by atoms with Crippen LogP contribution in [0.2, 0.25) is 5.15 Å². The van der Waals surface area contributed by atoms with Crippen LogP contribution in [-0.4, -0.2) is 38.9 Å². The topological polar surface area (TPSA) is 109 Å². The van der Waals surface area contributed by atoms with Crippen molar-refractivity contribution in [2.75, 3.05) is 18.5 Å². The van der Waals surface area contributed by atoms with E-state index in [0.29, 0.717) is 0 Å². The standard InChI is InChI=1S/C9H12ClN3O4/c1-9(15,5-14)4-11-8-3-6(13(16)17)2-7(10)12-8/h2-3,14-15H,4-5H2,1H3,(H,11,12). The van der Waals surface area contributed by atoms with E-state index in [1.165, 1.54) is 13.0 Å². The molecule has 1 aromatic heterocycles. The Morgan fingerprint density at radius 1 is 1.65 bits per heavy atom. The maximum absolute atomic E-state index is 10.6. The highest BCUT2D eigenvalue weighted by Crippen LogP contribution is 2.20. The second-order valence-electron chi connectivity index (χ2n) is 3.80. The van der Waals surface area contributed by atoms with Gasteiger partial charge in [0.1, 0.15) is 16.6 Å². The molecule has 0 saturated carbocycles. The van der Waals surface area contributed by atoms with Gasteiger partial charge in [-0.3, -0.25) is 10.1 Å². The number of aliphatic hydroxyl groups is 2. The molecule has 0 aliphatic carbocycles. The Hall–Kier alpha value is -1.44. The van der Waals surface area contributed by atoms with Crippen molar-refractivity contribution in [1.82, 2.24) is 4.98 Å². The predicted octanol–water partition coefficient (Wildman–Crippen LogP) is 0.798. The molecule has 0 spiro atoms. The molecule has 7 nitrogen and oxygen atoms in total. The third kappa shape index (κ3) is 4.14. The summed E-state index contributed by atoms with van der Waals surface area (Å²) in [7, 11) is 0. The van der Waals surface area contributed by atoms with Crippen LogP contribution in [0.15, 0.2) is 12.1 Å². The van der Waals surface area contributed by atoms with Gasteiger partial charge in [0.2, 0.25) is 0 Å². The molecule has 0 bridgehead atoms. The van der Waals surface area contributed by atoms with Gasteiger partial charge in [0.25, 0.3) is 5.69 Å². The molecule has 0 aliphatic rings. The summed E-state index contributed by atoms with van der Waals surface area (Å²) in [5.41, 5.74) is -1.53. The number of aliphatic hydroxyl groups excluding tert-OH is 1. The zero-order valence-corrected chi connectivity index (χ0v) is 9.81. The zero-order valence-electron chi connectivity index (χ0n) is 9.05. The van der Waals surface area contributed by atoms with Crippen LogP contribution >= 0.6 is 11.6 Å².